The van der Waals surface area contributed by atoms with Crippen molar-refractivity contribution in [3.8, 4) is 5.75 Å². The number of aromatic hydroxyl groups is 1. The van der Waals surface area contributed by atoms with E-state index in [2.05, 4.69) is 20.5 Å². The van der Waals surface area contributed by atoms with Crippen LogP contribution in [0.1, 0.15) is 126 Å². The molecule has 16 nitrogen and oxygen atoms in total. The number of aromatic nitrogens is 1. The van der Waals surface area contributed by atoms with E-state index >= 15 is 0 Å². The first-order valence-electron chi connectivity index (χ1n) is 21.3. The van der Waals surface area contributed by atoms with E-state index in [0.717, 1.165) is 44.2 Å². The number of hydrogen-bond donors (Lipinski definition) is 4. The van der Waals surface area contributed by atoms with Gasteiger partial charge in [-0.05, 0) is 68.8 Å². The van der Waals surface area contributed by atoms with Gasteiger partial charge in [-0.2, -0.15) is 9.59 Å². The minimum absolute atomic E-state index is 0.00408. The lowest BCUT2D eigenvalue weighted by Gasteiger charge is -2.37. The number of esters is 1. The Bertz CT molecular complexity index is 1750. The molecule has 1 fully saturated rings. The van der Waals surface area contributed by atoms with Crippen LogP contribution in [0.4, 0.5) is 5.69 Å². The molecule has 0 radical (unpaired) electrons. The number of rotatable bonds is 24. The lowest BCUT2D eigenvalue weighted by Crippen LogP contribution is -2.48. The number of benzene rings is 1. The zero-order chi connectivity index (χ0) is 45.6. The van der Waals surface area contributed by atoms with E-state index in [-0.39, 0.29) is 103 Å². The Morgan fingerprint density at radius 2 is 1.82 bits per heavy atom. The van der Waals surface area contributed by atoms with E-state index in [0.29, 0.717) is 31.0 Å². The first-order chi connectivity index (χ1) is 29.0. The zero-order valence-corrected chi connectivity index (χ0v) is 38.0. The fourth-order valence-corrected chi connectivity index (χ4v) is 8.44. The maximum Gasteiger partial charge on any atom is 0.373 e. The van der Waals surface area contributed by atoms with Gasteiger partial charge < -0.3 is 35.8 Å². The zero-order valence-electron chi connectivity index (χ0n) is 37.2. The molecule has 5 N–H and O–H groups in total. The Morgan fingerprint density at radius 1 is 1.11 bits per heavy atom. The number of ether oxygens (including phenoxy) is 2. The molecule has 3 amide bonds. The summed E-state index contributed by atoms with van der Waals surface area (Å²) >= 11 is 1.22. The fraction of sp³-hybridized carbons (Fsp3) is 0.659. The van der Waals surface area contributed by atoms with E-state index in [1.807, 2.05) is 41.7 Å². The Morgan fingerprint density at radius 3 is 2.43 bits per heavy atom. The van der Waals surface area contributed by atoms with Crippen molar-refractivity contribution in [1.29, 1.82) is 0 Å². The normalized spacial score (nSPS) is 16.5. The molecular formula is C44H68N6O10S. The predicted octanol–water partition coefficient (Wildman–Crippen LogP) is 5.29. The SMILES string of the molecule is CCC[C@H](Cc1ccc(O)c(NC(=O)CCOCCN)c1)NC(=O)c1csc([C@@H](C[C@H](C(C)C)N(C)C(=O)[C@@H](CC(=O)[C@H]2CCCCN2C)[C@@H](C)CC)OC(C)=O)n1.O=C=O. The maximum absolute atomic E-state index is 14.3. The minimum Gasteiger partial charge on any atom is -0.506 e. The number of carbonyl (C=O) groups is 5. The molecule has 0 spiro atoms. The van der Waals surface area contributed by atoms with E-state index in [1.54, 1.807) is 29.5 Å². The summed E-state index contributed by atoms with van der Waals surface area (Å²) in [5.41, 5.74) is 6.68. The van der Waals surface area contributed by atoms with Crippen molar-refractivity contribution in [2.24, 2.45) is 23.5 Å². The van der Waals surface area contributed by atoms with Gasteiger partial charge in [-0.1, -0.05) is 59.9 Å². The van der Waals surface area contributed by atoms with Crippen molar-refractivity contribution in [3.05, 3.63) is 39.8 Å². The topological polar surface area (TPSA) is 228 Å². The quantitative estimate of drug-likeness (QED) is 0.0598. The summed E-state index contributed by atoms with van der Waals surface area (Å²) in [5, 5.41) is 18.3. The van der Waals surface area contributed by atoms with Gasteiger partial charge in [0.15, 0.2) is 11.9 Å². The molecule has 6 atom stereocenters. The van der Waals surface area contributed by atoms with Crippen LogP contribution in [-0.4, -0.2) is 114 Å². The summed E-state index contributed by atoms with van der Waals surface area (Å²) in [5.74, 6) is -1.76. The van der Waals surface area contributed by atoms with Crippen molar-refractivity contribution in [3.63, 3.8) is 0 Å². The van der Waals surface area contributed by atoms with E-state index in [1.165, 1.54) is 24.3 Å². The standard InChI is InChI=1S/C43H68N6O8S.CO2/c1-9-13-31(22-30-15-16-37(51)33(23-30)46-40(53)17-20-56-21-18-44)45-41(54)34-26-58-42(47-34)39(57-29(6)50)25-36(27(3)4)49(8)43(55)32(28(5)10-2)24-38(52)35-14-11-12-19-48(35)7;2-1-3/h15-16,23,26-28,31-32,35-36,39,51H,9-14,17-22,24-25,44H2,1-8H3,(H,45,54)(H,46,53);/t28-,31+,32-,35+,36+,39+;/m0./s1. The first-order valence-corrected chi connectivity index (χ1v) is 22.2. The van der Waals surface area contributed by atoms with Crippen molar-refractivity contribution in [2.45, 2.75) is 130 Å². The second-order valence-corrected chi connectivity index (χ2v) is 17.0. The van der Waals surface area contributed by atoms with Crippen LogP contribution in [0.2, 0.25) is 0 Å². The second kappa shape index (κ2) is 27.4. The van der Waals surface area contributed by atoms with Gasteiger partial charge in [-0.25, -0.2) is 4.98 Å². The Kier molecular flexibility index (Phi) is 23.6. The molecule has 1 aliphatic heterocycles. The highest BCUT2D eigenvalue weighted by molar-refractivity contribution is 7.09. The van der Waals surface area contributed by atoms with Crippen LogP contribution < -0.4 is 16.4 Å². The number of nitrogens with one attached hydrogen (secondary N) is 2. The van der Waals surface area contributed by atoms with Crippen molar-refractivity contribution in [1.82, 2.24) is 20.1 Å². The third kappa shape index (κ3) is 17.4. The number of Topliss-reactive ketones (excluding diaryl/α,β-unsaturated/α-hetero) is 1. The number of likely N-dealkylation sites (tertiary alicyclic amines) is 1. The third-order valence-electron chi connectivity index (χ3n) is 11.1. The van der Waals surface area contributed by atoms with Gasteiger partial charge in [0.1, 0.15) is 16.5 Å². The number of amides is 3. The van der Waals surface area contributed by atoms with Crippen molar-refractivity contribution >= 4 is 52.6 Å². The van der Waals surface area contributed by atoms with Crippen molar-refractivity contribution in [2.75, 3.05) is 45.7 Å². The number of nitrogens with zero attached hydrogens (tertiary/aromatic N) is 3. The van der Waals surface area contributed by atoms with Crippen LogP contribution in [0.3, 0.4) is 0 Å². The fourth-order valence-electron chi connectivity index (χ4n) is 7.60. The third-order valence-corrected chi connectivity index (χ3v) is 12.1. The number of phenols is 1. The van der Waals surface area contributed by atoms with E-state index < -0.39 is 18.0 Å². The smallest absolute Gasteiger partial charge is 0.373 e. The van der Waals surface area contributed by atoms with E-state index in [4.69, 9.17) is 24.8 Å². The Labute approximate surface area is 364 Å². The molecular weight excluding hydrogens is 805 g/mol. The average Bonchev–Trinajstić information content (AvgIpc) is 3.72. The monoisotopic (exact) mass is 872 g/mol. The molecule has 1 aromatic heterocycles. The van der Waals surface area contributed by atoms with Crippen LogP contribution in [0.5, 0.6) is 5.75 Å². The lowest BCUT2D eigenvalue weighted by atomic mass is 9.83. The Balaban J connectivity index is 0.00000414. The molecule has 3 rings (SSSR count). The number of piperidine rings is 1. The van der Waals surface area contributed by atoms with Crippen LogP contribution in [0.25, 0.3) is 0 Å². The van der Waals surface area contributed by atoms with Gasteiger partial charge in [0, 0.05) is 56.7 Å². The molecule has 0 unspecified atom stereocenters. The minimum atomic E-state index is -0.810. The predicted molar refractivity (Wildman–Crippen MR) is 232 cm³/mol. The highest BCUT2D eigenvalue weighted by Crippen LogP contribution is 2.33. The molecule has 0 saturated carbocycles. The van der Waals surface area contributed by atoms with Gasteiger partial charge >= 0.3 is 12.1 Å². The molecule has 0 aliphatic carbocycles. The molecule has 1 aliphatic rings. The highest BCUT2D eigenvalue weighted by atomic mass is 32.1. The molecule has 340 valence electrons. The number of anilines is 1. The first kappa shape index (κ1) is 52.6. The number of phenolic OH excluding ortho intramolecular Hbond substituents is 1. The number of likely N-dealkylation sites (N-methyl/N-ethyl adjacent to an activating group) is 1. The van der Waals surface area contributed by atoms with Crippen LogP contribution >= 0.6 is 11.3 Å². The average molecular weight is 873 g/mol. The van der Waals surface area contributed by atoms with Gasteiger partial charge in [-0.15, -0.1) is 11.3 Å². The number of hydrogen-bond acceptors (Lipinski definition) is 14. The molecule has 2 heterocycles. The molecule has 0 bridgehead atoms. The van der Waals surface area contributed by atoms with Crippen LogP contribution in [0, 0.1) is 17.8 Å². The number of thiazole rings is 1. The summed E-state index contributed by atoms with van der Waals surface area (Å²) < 4.78 is 11.1. The van der Waals surface area contributed by atoms with Gasteiger partial charge in [-0.3, -0.25) is 28.9 Å². The summed E-state index contributed by atoms with van der Waals surface area (Å²) in [6, 6.07) is 4.16. The Hall–Kier alpha value is -4.54. The van der Waals surface area contributed by atoms with Gasteiger partial charge in [0.25, 0.3) is 5.91 Å². The molecule has 61 heavy (non-hydrogen) atoms. The van der Waals surface area contributed by atoms with E-state index in [9.17, 15) is 29.1 Å². The summed E-state index contributed by atoms with van der Waals surface area (Å²) in [6.45, 7) is 13.2. The number of nitrogens with two attached hydrogens (primary N) is 1. The molecule has 2 aromatic rings. The van der Waals surface area contributed by atoms with Crippen molar-refractivity contribution < 1.29 is 48.1 Å². The molecule has 17 heteroatoms. The summed E-state index contributed by atoms with van der Waals surface area (Å²) in [7, 11) is 3.75. The lowest BCUT2D eigenvalue weighted by molar-refractivity contribution is -0.191. The largest absolute Gasteiger partial charge is 0.506 e. The number of carbonyl (C=O) groups excluding carboxylic acids is 7. The summed E-state index contributed by atoms with van der Waals surface area (Å²) in [4.78, 5) is 91.1. The van der Waals surface area contributed by atoms with Crippen LogP contribution in [-0.2, 0) is 44.7 Å². The van der Waals surface area contributed by atoms with Gasteiger partial charge in [0.05, 0.1) is 31.4 Å². The highest BCUT2D eigenvalue weighted by Gasteiger charge is 2.37. The maximum atomic E-state index is 14.3. The number of ketones is 1. The second-order valence-electron chi connectivity index (χ2n) is 16.1. The molecule has 1 saturated heterocycles. The van der Waals surface area contributed by atoms with Gasteiger partial charge in [0.2, 0.25) is 11.8 Å². The summed E-state index contributed by atoms with van der Waals surface area (Å²) in [6.07, 6.45) is 5.53. The van der Waals surface area contributed by atoms with Crippen LogP contribution in [0.15, 0.2) is 23.6 Å². The molecule has 1 aromatic carbocycles.